The number of hydrogen-bond donors (Lipinski definition) is 1. The number of nitro groups is 1. The maximum absolute atomic E-state index is 11.6. The van der Waals surface area contributed by atoms with Gasteiger partial charge in [-0.05, 0) is 50.2 Å². The van der Waals surface area contributed by atoms with E-state index in [-0.39, 0.29) is 23.3 Å². The summed E-state index contributed by atoms with van der Waals surface area (Å²) in [5, 5.41) is 14.6. The number of amidine groups is 1. The second kappa shape index (κ2) is 8.42. The summed E-state index contributed by atoms with van der Waals surface area (Å²) in [7, 11) is 1.50. The minimum atomic E-state index is -1.26. The van der Waals surface area contributed by atoms with Crippen molar-refractivity contribution in [1.82, 2.24) is 0 Å². The van der Waals surface area contributed by atoms with Gasteiger partial charge < -0.3 is 10.1 Å². The van der Waals surface area contributed by atoms with Crippen LogP contribution < -0.4 is 10.1 Å². The van der Waals surface area contributed by atoms with Crippen LogP contribution in [0.5, 0.6) is 5.75 Å². The second-order valence-electron chi connectivity index (χ2n) is 6.28. The van der Waals surface area contributed by atoms with Crippen molar-refractivity contribution in [2.45, 2.75) is 19.9 Å². The third-order valence-corrected chi connectivity index (χ3v) is 4.22. The molecule has 1 unspecified atom stereocenters. The van der Waals surface area contributed by atoms with Crippen LogP contribution in [0.4, 0.5) is 11.4 Å². The number of nitrogens with one attached hydrogen (secondary N) is 1. The SMILES string of the molecule is COc1ccccc1N=C1N=C(Nc2ccc(C(C)=O)cc2)N=C(C)C1[N+](=O)[O-]. The molecule has 9 heteroatoms. The molecule has 0 spiro atoms. The molecule has 1 N–H and O–H groups in total. The van der Waals surface area contributed by atoms with Crippen molar-refractivity contribution in [2.75, 3.05) is 12.4 Å². The third-order valence-electron chi connectivity index (χ3n) is 4.22. The van der Waals surface area contributed by atoms with Crippen molar-refractivity contribution in [1.29, 1.82) is 0 Å². The molecular weight excluding hydrogens is 374 g/mol. The number of benzene rings is 2. The van der Waals surface area contributed by atoms with Crippen molar-refractivity contribution < 1.29 is 14.5 Å². The molecule has 0 saturated carbocycles. The summed E-state index contributed by atoms with van der Waals surface area (Å²) < 4.78 is 5.26. The first-order chi connectivity index (χ1) is 13.9. The van der Waals surface area contributed by atoms with Gasteiger partial charge in [-0.25, -0.2) is 9.98 Å². The van der Waals surface area contributed by atoms with Crippen molar-refractivity contribution in [2.24, 2.45) is 15.0 Å². The first-order valence-electron chi connectivity index (χ1n) is 8.76. The van der Waals surface area contributed by atoms with E-state index in [1.807, 2.05) is 0 Å². The number of ketones is 1. The number of carbonyl (C=O) groups excluding carboxylic acids is 1. The van der Waals surface area contributed by atoms with Gasteiger partial charge in [-0.3, -0.25) is 14.9 Å². The monoisotopic (exact) mass is 393 g/mol. The van der Waals surface area contributed by atoms with Gasteiger partial charge in [0.1, 0.15) is 17.1 Å². The van der Waals surface area contributed by atoms with Crippen LogP contribution in [-0.2, 0) is 0 Å². The van der Waals surface area contributed by atoms with Crippen LogP contribution in [0.3, 0.4) is 0 Å². The molecule has 0 aromatic heterocycles. The Balaban J connectivity index is 1.97. The maximum atomic E-state index is 11.6. The number of anilines is 1. The summed E-state index contributed by atoms with van der Waals surface area (Å²) in [5.41, 5.74) is 1.90. The summed E-state index contributed by atoms with van der Waals surface area (Å²) in [6.45, 7) is 3.04. The molecule has 3 rings (SSSR count). The highest BCUT2D eigenvalue weighted by atomic mass is 16.6. The quantitative estimate of drug-likeness (QED) is 0.474. The molecule has 2 aromatic rings. The standard InChI is InChI=1S/C20H19N5O4/c1-12-18(25(27)28)19(23-16-6-4-5-7-17(16)29-3)24-20(21-12)22-15-10-8-14(9-11-15)13(2)26/h4-11,18H,1-3H3,(H,22,23,24). The summed E-state index contributed by atoms with van der Waals surface area (Å²) in [5.74, 6) is 0.604. The average Bonchev–Trinajstić information content (AvgIpc) is 2.68. The van der Waals surface area contributed by atoms with Gasteiger partial charge in [0.2, 0.25) is 11.8 Å². The number of nitrogens with zero attached hydrogens (tertiary/aromatic N) is 4. The van der Waals surface area contributed by atoms with Crippen LogP contribution in [0.15, 0.2) is 63.5 Å². The Hall–Kier alpha value is -3.88. The lowest BCUT2D eigenvalue weighted by Gasteiger charge is -2.16. The Labute approximate surface area is 167 Å². The topological polar surface area (TPSA) is 119 Å². The molecule has 1 atom stereocenters. The largest absolute Gasteiger partial charge is 0.494 e. The van der Waals surface area contributed by atoms with Gasteiger partial charge in [-0.15, -0.1) is 0 Å². The van der Waals surface area contributed by atoms with Crippen molar-refractivity contribution in [3.05, 3.63) is 64.2 Å². The van der Waals surface area contributed by atoms with Crippen LogP contribution >= 0.6 is 0 Å². The fraction of sp³-hybridized carbons (Fsp3) is 0.200. The van der Waals surface area contributed by atoms with Gasteiger partial charge >= 0.3 is 6.04 Å². The second-order valence-corrected chi connectivity index (χ2v) is 6.28. The lowest BCUT2D eigenvalue weighted by Crippen LogP contribution is -2.40. The Morgan fingerprint density at radius 3 is 2.48 bits per heavy atom. The Morgan fingerprint density at radius 2 is 1.86 bits per heavy atom. The smallest absolute Gasteiger partial charge is 0.309 e. The van der Waals surface area contributed by atoms with Crippen molar-refractivity contribution >= 4 is 34.7 Å². The lowest BCUT2D eigenvalue weighted by atomic mass is 10.1. The normalized spacial score (nSPS) is 17.3. The first kappa shape index (κ1) is 19.9. The van der Waals surface area contributed by atoms with Crippen LogP contribution in [0.2, 0.25) is 0 Å². The van der Waals surface area contributed by atoms with Gasteiger partial charge in [0, 0.05) is 16.2 Å². The van der Waals surface area contributed by atoms with E-state index < -0.39 is 11.0 Å². The zero-order valence-corrected chi connectivity index (χ0v) is 16.1. The number of hydrogen-bond acceptors (Lipinski definition) is 7. The van der Waals surface area contributed by atoms with E-state index in [0.717, 1.165) is 0 Å². The molecule has 0 fully saturated rings. The summed E-state index contributed by atoms with van der Waals surface area (Å²) in [4.78, 5) is 35.3. The minimum absolute atomic E-state index is 0.00476. The molecule has 1 aliphatic rings. The van der Waals surface area contributed by atoms with Crippen LogP contribution in [0.25, 0.3) is 0 Å². The zero-order valence-electron chi connectivity index (χ0n) is 16.1. The van der Waals surface area contributed by atoms with Crippen LogP contribution in [-0.4, -0.2) is 41.4 Å². The predicted octanol–water partition coefficient (Wildman–Crippen LogP) is 3.52. The van der Waals surface area contributed by atoms with Gasteiger partial charge in [-0.1, -0.05) is 12.1 Å². The number of ether oxygens (including phenoxy) is 1. The number of para-hydroxylation sites is 2. The number of methoxy groups -OCH3 is 1. The molecule has 0 radical (unpaired) electrons. The minimum Gasteiger partial charge on any atom is -0.494 e. The van der Waals surface area contributed by atoms with Gasteiger partial charge in [0.05, 0.1) is 7.11 Å². The van der Waals surface area contributed by atoms with Gasteiger partial charge in [0.25, 0.3) is 0 Å². The Bertz CT molecular complexity index is 1040. The van der Waals surface area contributed by atoms with E-state index in [1.54, 1.807) is 55.5 Å². The molecule has 0 aliphatic carbocycles. The highest BCUT2D eigenvalue weighted by Gasteiger charge is 2.35. The van der Waals surface area contributed by atoms with Gasteiger partial charge in [0.15, 0.2) is 5.78 Å². The molecular formula is C20H19N5O4. The average molecular weight is 393 g/mol. The predicted molar refractivity (Wildman–Crippen MR) is 111 cm³/mol. The van der Waals surface area contributed by atoms with Gasteiger partial charge in [-0.2, -0.15) is 4.99 Å². The summed E-state index contributed by atoms with van der Waals surface area (Å²) in [6, 6.07) is 12.4. The summed E-state index contributed by atoms with van der Waals surface area (Å²) >= 11 is 0. The highest BCUT2D eigenvalue weighted by molar-refractivity contribution is 6.21. The molecule has 1 aliphatic heterocycles. The number of carbonyl (C=O) groups is 1. The maximum Gasteiger partial charge on any atom is 0.309 e. The van der Waals surface area contributed by atoms with E-state index in [2.05, 4.69) is 20.3 Å². The molecule has 148 valence electrons. The Morgan fingerprint density at radius 1 is 1.17 bits per heavy atom. The van der Waals surface area contributed by atoms with E-state index in [9.17, 15) is 14.9 Å². The number of guanidine groups is 1. The van der Waals surface area contributed by atoms with E-state index in [4.69, 9.17) is 4.74 Å². The third kappa shape index (κ3) is 4.52. The highest BCUT2D eigenvalue weighted by Crippen LogP contribution is 2.27. The van der Waals surface area contributed by atoms with Crippen molar-refractivity contribution in [3.63, 3.8) is 0 Å². The van der Waals surface area contributed by atoms with E-state index in [0.29, 0.717) is 22.7 Å². The molecule has 0 amide bonds. The van der Waals surface area contributed by atoms with Crippen molar-refractivity contribution in [3.8, 4) is 5.75 Å². The number of rotatable bonds is 5. The fourth-order valence-electron chi connectivity index (χ4n) is 2.76. The van der Waals surface area contributed by atoms with Crippen LogP contribution in [0, 0.1) is 10.1 Å². The molecule has 29 heavy (non-hydrogen) atoms. The molecule has 0 bridgehead atoms. The molecule has 0 saturated heterocycles. The summed E-state index contributed by atoms with van der Waals surface area (Å²) in [6.07, 6.45) is 0. The fourth-order valence-corrected chi connectivity index (χ4v) is 2.76. The number of aliphatic imine (C=N–C) groups is 3. The molecule has 2 aromatic carbocycles. The van der Waals surface area contributed by atoms with E-state index >= 15 is 0 Å². The van der Waals surface area contributed by atoms with E-state index in [1.165, 1.54) is 14.0 Å². The molecule has 9 nitrogen and oxygen atoms in total. The van der Waals surface area contributed by atoms with Crippen LogP contribution in [0.1, 0.15) is 24.2 Å². The molecule has 1 heterocycles. The first-order valence-corrected chi connectivity index (χ1v) is 8.76. The number of Topliss-reactive ketones (excluding diaryl/α,β-unsaturated/α-hetero) is 1. The lowest BCUT2D eigenvalue weighted by molar-refractivity contribution is -0.484. The zero-order chi connectivity index (χ0) is 21.0. The Kier molecular flexibility index (Phi) is 5.77.